The molecule has 2 unspecified atom stereocenters. The van der Waals surface area contributed by atoms with Crippen molar-refractivity contribution in [1.29, 1.82) is 0 Å². The molecule has 5 nitrogen and oxygen atoms in total. The second-order valence-corrected chi connectivity index (χ2v) is 4.50. The summed E-state index contributed by atoms with van der Waals surface area (Å²) in [5.41, 5.74) is 1.29. The van der Waals surface area contributed by atoms with Gasteiger partial charge in [-0.2, -0.15) is 5.10 Å². The van der Waals surface area contributed by atoms with Crippen molar-refractivity contribution in [2.75, 3.05) is 0 Å². The van der Waals surface area contributed by atoms with Crippen LogP contribution in [0.1, 0.15) is 49.0 Å². The van der Waals surface area contributed by atoms with Gasteiger partial charge in [-0.15, -0.1) is 0 Å². The Labute approximate surface area is 99.6 Å². The molecule has 0 radical (unpaired) electrons. The molecule has 2 atom stereocenters. The third-order valence-corrected chi connectivity index (χ3v) is 3.35. The third kappa shape index (κ3) is 1.98. The summed E-state index contributed by atoms with van der Waals surface area (Å²) >= 11 is 0. The van der Waals surface area contributed by atoms with Gasteiger partial charge in [0.25, 0.3) is 0 Å². The molecule has 3 rings (SSSR count). The molecule has 17 heavy (non-hydrogen) atoms. The lowest BCUT2D eigenvalue weighted by molar-refractivity contribution is 0.380. The van der Waals surface area contributed by atoms with E-state index in [-0.39, 0.29) is 6.04 Å². The van der Waals surface area contributed by atoms with E-state index in [4.69, 9.17) is 4.42 Å². The van der Waals surface area contributed by atoms with Crippen molar-refractivity contribution in [3.63, 3.8) is 0 Å². The first-order chi connectivity index (χ1) is 8.34. The molecule has 2 N–H and O–H groups in total. The standard InChI is InChI=1S/C12H16N4O/c1-8(12-13-7-14-16-12)15-10-3-2-4-11-9(10)5-6-17-11/h5-8,10,15H,2-4H2,1H3,(H,13,14,16). The molecule has 0 aromatic carbocycles. The molecule has 0 saturated carbocycles. The normalized spacial score (nSPS) is 21.1. The lowest BCUT2D eigenvalue weighted by atomic mass is 9.93. The molecule has 90 valence electrons. The van der Waals surface area contributed by atoms with Crippen molar-refractivity contribution in [2.24, 2.45) is 0 Å². The fourth-order valence-corrected chi connectivity index (χ4v) is 2.46. The van der Waals surface area contributed by atoms with Crippen molar-refractivity contribution in [3.8, 4) is 0 Å². The molecule has 0 bridgehead atoms. The van der Waals surface area contributed by atoms with Gasteiger partial charge >= 0.3 is 0 Å². The smallest absolute Gasteiger partial charge is 0.141 e. The fraction of sp³-hybridized carbons (Fsp3) is 0.500. The van der Waals surface area contributed by atoms with E-state index in [1.54, 1.807) is 6.26 Å². The van der Waals surface area contributed by atoms with Gasteiger partial charge in [0.05, 0.1) is 12.3 Å². The topological polar surface area (TPSA) is 66.7 Å². The molecule has 0 spiro atoms. The average molecular weight is 232 g/mol. The highest BCUT2D eigenvalue weighted by Gasteiger charge is 2.24. The highest BCUT2D eigenvalue weighted by Crippen LogP contribution is 2.31. The van der Waals surface area contributed by atoms with E-state index in [1.165, 1.54) is 18.3 Å². The minimum absolute atomic E-state index is 0.170. The summed E-state index contributed by atoms with van der Waals surface area (Å²) in [7, 11) is 0. The maximum Gasteiger partial charge on any atom is 0.141 e. The minimum Gasteiger partial charge on any atom is -0.469 e. The highest BCUT2D eigenvalue weighted by atomic mass is 16.3. The van der Waals surface area contributed by atoms with Gasteiger partial charge in [-0.05, 0) is 25.8 Å². The van der Waals surface area contributed by atoms with E-state index in [9.17, 15) is 0 Å². The number of aromatic amines is 1. The zero-order valence-electron chi connectivity index (χ0n) is 9.81. The Morgan fingerprint density at radius 3 is 3.35 bits per heavy atom. The van der Waals surface area contributed by atoms with E-state index in [0.717, 1.165) is 24.4 Å². The van der Waals surface area contributed by atoms with Crippen LogP contribution in [0.25, 0.3) is 0 Å². The summed E-state index contributed by atoms with van der Waals surface area (Å²) in [5, 5.41) is 10.3. The number of hydrogen-bond acceptors (Lipinski definition) is 4. The van der Waals surface area contributed by atoms with Crippen LogP contribution in [0.4, 0.5) is 0 Å². The van der Waals surface area contributed by atoms with Gasteiger partial charge in [-0.1, -0.05) is 0 Å². The summed E-state index contributed by atoms with van der Waals surface area (Å²) in [6, 6.07) is 2.60. The molecule has 1 aliphatic rings. The summed E-state index contributed by atoms with van der Waals surface area (Å²) in [4.78, 5) is 4.17. The molecule has 2 aromatic heterocycles. The Bertz CT molecular complexity index is 476. The van der Waals surface area contributed by atoms with Gasteiger partial charge in [0, 0.05) is 18.0 Å². The van der Waals surface area contributed by atoms with Gasteiger partial charge in [0.1, 0.15) is 17.9 Å². The zero-order valence-corrected chi connectivity index (χ0v) is 9.81. The Morgan fingerprint density at radius 2 is 2.53 bits per heavy atom. The predicted molar refractivity (Wildman–Crippen MR) is 62.3 cm³/mol. The first-order valence-corrected chi connectivity index (χ1v) is 6.02. The summed E-state index contributed by atoms with van der Waals surface area (Å²) in [6.45, 7) is 2.09. The van der Waals surface area contributed by atoms with Gasteiger partial charge in [0.15, 0.2) is 0 Å². The average Bonchev–Trinajstić information content (AvgIpc) is 3.00. The molecular formula is C12H16N4O. The van der Waals surface area contributed by atoms with Crippen LogP contribution in [0.15, 0.2) is 23.1 Å². The van der Waals surface area contributed by atoms with E-state index in [2.05, 4.69) is 33.5 Å². The lowest BCUT2D eigenvalue weighted by Gasteiger charge is -2.25. The van der Waals surface area contributed by atoms with Crippen LogP contribution in [-0.4, -0.2) is 15.2 Å². The Hall–Kier alpha value is -1.62. The van der Waals surface area contributed by atoms with Crippen LogP contribution in [0.2, 0.25) is 0 Å². The molecule has 0 aliphatic heterocycles. The molecular weight excluding hydrogens is 216 g/mol. The minimum atomic E-state index is 0.170. The molecule has 5 heteroatoms. The molecule has 2 heterocycles. The number of rotatable bonds is 3. The number of fused-ring (bicyclic) bond motifs is 1. The summed E-state index contributed by atoms with van der Waals surface area (Å²) in [6.07, 6.45) is 6.69. The van der Waals surface area contributed by atoms with Gasteiger partial charge in [0.2, 0.25) is 0 Å². The van der Waals surface area contributed by atoms with Crippen LogP contribution in [0.3, 0.4) is 0 Å². The van der Waals surface area contributed by atoms with Gasteiger partial charge in [-0.3, -0.25) is 5.10 Å². The monoisotopic (exact) mass is 232 g/mol. The predicted octanol–water partition coefficient (Wildman–Crippen LogP) is 2.13. The first kappa shape index (κ1) is 10.5. The molecule has 1 aliphatic carbocycles. The van der Waals surface area contributed by atoms with E-state index < -0.39 is 0 Å². The SMILES string of the molecule is CC(NC1CCCc2occc21)c1ncn[nH]1. The molecule has 2 aromatic rings. The van der Waals surface area contributed by atoms with Crippen LogP contribution >= 0.6 is 0 Å². The number of aryl methyl sites for hydroxylation is 1. The van der Waals surface area contributed by atoms with Crippen molar-refractivity contribution in [2.45, 2.75) is 38.3 Å². The second-order valence-electron chi connectivity index (χ2n) is 4.50. The number of furan rings is 1. The van der Waals surface area contributed by atoms with Crippen molar-refractivity contribution in [1.82, 2.24) is 20.5 Å². The van der Waals surface area contributed by atoms with E-state index >= 15 is 0 Å². The Morgan fingerprint density at radius 1 is 1.59 bits per heavy atom. The van der Waals surface area contributed by atoms with Crippen molar-refractivity contribution in [3.05, 3.63) is 35.8 Å². The Kier molecular flexibility index (Phi) is 2.68. The summed E-state index contributed by atoms with van der Waals surface area (Å²) in [5.74, 6) is 2.00. The molecule has 0 saturated heterocycles. The van der Waals surface area contributed by atoms with E-state index in [1.807, 2.05) is 0 Å². The van der Waals surface area contributed by atoms with Crippen LogP contribution in [0.5, 0.6) is 0 Å². The largest absolute Gasteiger partial charge is 0.469 e. The van der Waals surface area contributed by atoms with Crippen molar-refractivity contribution >= 4 is 0 Å². The number of aromatic nitrogens is 3. The maximum atomic E-state index is 5.48. The second kappa shape index (κ2) is 4.33. The van der Waals surface area contributed by atoms with Crippen LogP contribution < -0.4 is 5.32 Å². The van der Waals surface area contributed by atoms with Gasteiger partial charge < -0.3 is 9.73 Å². The third-order valence-electron chi connectivity index (χ3n) is 3.35. The van der Waals surface area contributed by atoms with Crippen LogP contribution in [-0.2, 0) is 6.42 Å². The van der Waals surface area contributed by atoms with Crippen LogP contribution in [0, 0.1) is 0 Å². The molecule has 0 fully saturated rings. The molecule has 0 amide bonds. The Balaban J connectivity index is 1.75. The zero-order chi connectivity index (χ0) is 11.7. The lowest BCUT2D eigenvalue weighted by Crippen LogP contribution is -2.27. The highest BCUT2D eigenvalue weighted by molar-refractivity contribution is 5.24. The van der Waals surface area contributed by atoms with Crippen molar-refractivity contribution < 1.29 is 4.42 Å². The van der Waals surface area contributed by atoms with Gasteiger partial charge in [-0.25, -0.2) is 4.98 Å². The maximum absolute atomic E-state index is 5.48. The number of nitrogens with zero attached hydrogens (tertiary/aromatic N) is 2. The number of H-pyrrole nitrogens is 1. The number of nitrogens with one attached hydrogen (secondary N) is 2. The fourth-order valence-electron chi connectivity index (χ4n) is 2.46. The number of hydrogen-bond donors (Lipinski definition) is 2. The van der Waals surface area contributed by atoms with E-state index in [0.29, 0.717) is 6.04 Å². The quantitative estimate of drug-likeness (QED) is 0.850. The summed E-state index contributed by atoms with van der Waals surface area (Å²) < 4.78 is 5.48. The first-order valence-electron chi connectivity index (χ1n) is 6.02.